The molecule has 1 aromatic carbocycles. The average molecular weight is 306 g/mol. The summed E-state index contributed by atoms with van der Waals surface area (Å²) in [6, 6.07) is 5.46. The van der Waals surface area contributed by atoms with Crippen molar-refractivity contribution in [1.82, 2.24) is 10.2 Å². The average Bonchev–Trinajstić information content (AvgIpc) is 2.54. The zero-order valence-electron chi connectivity index (χ0n) is 13.9. The highest BCUT2D eigenvalue weighted by Gasteiger charge is 2.22. The lowest BCUT2D eigenvalue weighted by molar-refractivity contribution is 0.171. The molecule has 22 heavy (non-hydrogen) atoms. The Balaban J connectivity index is 2.05. The molecule has 1 aliphatic rings. The zero-order chi connectivity index (χ0) is 16.1. The summed E-state index contributed by atoms with van der Waals surface area (Å²) in [7, 11) is 3.26. The Bertz CT molecular complexity index is 511. The molecule has 0 saturated carbocycles. The van der Waals surface area contributed by atoms with E-state index in [0.717, 1.165) is 43.0 Å². The first-order chi connectivity index (χ1) is 10.5. The number of nitrogens with zero attached hydrogens (tertiary/aromatic N) is 1. The normalized spacial score (nSPS) is 17.0. The van der Waals surface area contributed by atoms with E-state index < -0.39 is 0 Å². The Kier molecular flexibility index (Phi) is 5.52. The van der Waals surface area contributed by atoms with Crippen LogP contribution in [0.4, 0.5) is 4.79 Å². The van der Waals surface area contributed by atoms with Gasteiger partial charge in [0.1, 0.15) is 11.5 Å². The van der Waals surface area contributed by atoms with Crippen molar-refractivity contribution in [2.75, 3.05) is 27.3 Å². The van der Waals surface area contributed by atoms with Gasteiger partial charge in [-0.05, 0) is 43.9 Å². The van der Waals surface area contributed by atoms with Gasteiger partial charge in [-0.2, -0.15) is 0 Å². The van der Waals surface area contributed by atoms with Crippen molar-refractivity contribution in [3.63, 3.8) is 0 Å². The topological polar surface area (TPSA) is 50.8 Å². The Morgan fingerprint density at radius 2 is 1.95 bits per heavy atom. The second-order valence-electron chi connectivity index (χ2n) is 5.95. The first-order valence-corrected chi connectivity index (χ1v) is 7.82. The molecule has 0 radical (unpaired) electrons. The summed E-state index contributed by atoms with van der Waals surface area (Å²) in [5.74, 6) is 2.21. The number of rotatable bonds is 4. The summed E-state index contributed by atoms with van der Waals surface area (Å²) in [5.41, 5.74) is 0.917. The maximum atomic E-state index is 12.4. The standard InChI is InChI=1S/C17H26N2O3/c1-12-7-9-19(10-8-12)17(20)18-13(2)15-11-14(21-3)5-6-16(15)22-4/h5-6,11-13H,7-10H2,1-4H3,(H,18,20). The monoisotopic (exact) mass is 306 g/mol. The van der Waals surface area contributed by atoms with E-state index in [-0.39, 0.29) is 12.1 Å². The van der Waals surface area contributed by atoms with Crippen LogP contribution in [0.25, 0.3) is 0 Å². The molecule has 0 bridgehead atoms. The molecule has 1 saturated heterocycles. The Labute approximate surface area is 132 Å². The van der Waals surface area contributed by atoms with Gasteiger partial charge in [0.2, 0.25) is 0 Å². The van der Waals surface area contributed by atoms with Crippen LogP contribution >= 0.6 is 0 Å². The third-order valence-corrected chi connectivity index (χ3v) is 4.31. The van der Waals surface area contributed by atoms with E-state index in [2.05, 4.69) is 12.2 Å². The molecule has 5 heteroatoms. The van der Waals surface area contributed by atoms with Crippen LogP contribution in [0.1, 0.15) is 38.3 Å². The Morgan fingerprint density at radius 3 is 2.55 bits per heavy atom. The van der Waals surface area contributed by atoms with Crippen LogP contribution in [0, 0.1) is 5.92 Å². The van der Waals surface area contributed by atoms with Crippen molar-refractivity contribution in [1.29, 1.82) is 0 Å². The molecule has 1 atom stereocenters. The van der Waals surface area contributed by atoms with E-state index in [4.69, 9.17) is 9.47 Å². The second-order valence-corrected chi connectivity index (χ2v) is 5.95. The Morgan fingerprint density at radius 1 is 1.27 bits per heavy atom. The quantitative estimate of drug-likeness (QED) is 0.929. The third-order valence-electron chi connectivity index (χ3n) is 4.31. The highest BCUT2D eigenvalue weighted by atomic mass is 16.5. The van der Waals surface area contributed by atoms with Gasteiger partial charge in [-0.15, -0.1) is 0 Å². The van der Waals surface area contributed by atoms with Crippen LogP contribution in [0.3, 0.4) is 0 Å². The third kappa shape index (κ3) is 3.84. The molecule has 1 N–H and O–H groups in total. The minimum absolute atomic E-state index is 0.00993. The van der Waals surface area contributed by atoms with Gasteiger partial charge in [0.15, 0.2) is 0 Å². The van der Waals surface area contributed by atoms with Gasteiger partial charge in [0, 0.05) is 18.7 Å². The van der Waals surface area contributed by atoms with Crippen molar-refractivity contribution in [2.24, 2.45) is 5.92 Å². The number of benzene rings is 1. The summed E-state index contributed by atoms with van der Waals surface area (Å²) in [5, 5.41) is 3.06. The van der Waals surface area contributed by atoms with E-state index in [0.29, 0.717) is 5.92 Å². The molecular formula is C17H26N2O3. The van der Waals surface area contributed by atoms with Gasteiger partial charge in [-0.1, -0.05) is 6.92 Å². The van der Waals surface area contributed by atoms with E-state index in [1.165, 1.54) is 0 Å². The van der Waals surface area contributed by atoms with E-state index in [1.54, 1.807) is 14.2 Å². The molecular weight excluding hydrogens is 280 g/mol. The molecule has 122 valence electrons. The molecule has 2 rings (SSSR count). The van der Waals surface area contributed by atoms with E-state index >= 15 is 0 Å². The number of carbonyl (C=O) groups excluding carboxylic acids is 1. The van der Waals surface area contributed by atoms with Crippen molar-refractivity contribution in [2.45, 2.75) is 32.7 Å². The molecule has 1 aliphatic heterocycles. The van der Waals surface area contributed by atoms with Gasteiger partial charge < -0.3 is 19.7 Å². The minimum atomic E-state index is -0.142. The van der Waals surface area contributed by atoms with E-state index in [9.17, 15) is 4.79 Å². The largest absolute Gasteiger partial charge is 0.497 e. The van der Waals surface area contributed by atoms with Crippen LogP contribution < -0.4 is 14.8 Å². The lowest BCUT2D eigenvalue weighted by Crippen LogP contribution is -2.44. The summed E-state index contributed by atoms with van der Waals surface area (Å²) in [6.07, 6.45) is 2.15. The fraction of sp³-hybridized carbons (Fsp3) is 0.588. The first-order valence-electron chi connectivity index (χ1n) is 7.82. The number of urea groups is 1. The van der Waals surface area contributed by atoms with Gasteiger partial charge in [0.25, 0.3) is 0 Å². The SMILES string of the molecule is COc1ccc(OC)c(C(C)NC(=O)N2CCC(C)CC2)c1. The number of ether oxygens (including phenoxy) is 2. The van der Waals surface area contributed by atoms with Crippen LogP contribution in [0.15, 0.2) is 18.2 Å². The fourth-order valence-corrected chi connectivity index (χ4v) is 2.74. The van der Waals surface area contributed by atoms with Crippen LogP contribution in [0.2, 0.25) is 0 Å². The van der Waals surface area contributed by atoms with Gasteiger partial charge >= 0.3 is 6.03 Å². The summed E-state index contributed by atoms with van der Waals surface area (Å²) < 4.78 is 10.6. The molecule has 1 heterocycles. The number of likely N-dealkylation sites (tertiary alicyclic amines) is 1. The fourth-order valence-electron chi connectivity index (χ4n) is 2.74. The van der Waals surface area contributed by atoms with Gasteiger partial charge in [-0.25, -0.2) is 4.79 Å². The van der Waals surface area contributed by atoms with Crippen molar-refractivity contribution >= 4 is 6.03 Å². The number of carbonyl (C=O) groups is 1. The molecule has 5 nitrogen and oxygen atoms in total. The number of hydrogen-bond acceptors (Lipinski definition) is 3. The van der Waals surface area contributed by atoms with E-state index in [1.807, 2.05) is 30.0 Å². The predicted octanol–water partition coefficient (Wildman–Crippen LogP) is 3.21. The molecule has 0 aliphatic carbocycles. The van der Waals surface area contributed by atoms with Crippen LogP contribution in [0.5, 0.6) is 11.5 Å². The molecule has 0 spiro atoms. The molecule has 1 fully saturated rings. The van der Waals surface area contributed by atoms with Gasteiger partial charge in [0.05, 0.1) is 20.3 Å². The lowest BCUT2D eigenvalue weighted by atomic mass is 9.99. The number of amides is 2. The van der Waals surface area contributed by atoms with Crippen molar-refractivity contribution < 1.29 is 14.3 Å². The predicted molar refractivity (Wildman–Crippen MR) is 86.5 cm³/mol. The molecule has 2 amide bonds. The highest BCUT2D eigenvalue weighted by Crippen LogP contribution is 2.29. The highest BCUT2D eigenvalue weighted by molar-refractivity contribution is 5.75. The van der Waals surface area contributed by atoms with Gasteiger partial charge in [-0.3, -0.25) is 0 Å². The van der Waals surface area contributed by atoms with Crippen molar-refractivity contribution in [3.8, 4) is 11.5 Å². The summed E-state index contributed by atoms with van der Waals surface area (Å²) in [6.45, 7) is 5.85. The zero-order valence-corrected chi connectivity index (χ0v) is 13.9. The number of hydrogen-bond donors (Lipinski definition) is 1. The molecule has 1 aromatic rings. The smallest absolute Gasteiger partial charge is 0.317 e. The number of nitrogens with one attached hydrogen (secondary N) is 1. The molecule has 1 unspecified atom stereocenters. The maximum absolute atomic E-state index is 12.4. The summed E-state index contributed by atoms with van der Waals surface area (Å²) in [4.78, 5) is 14.3. The molecule has 0 aromatic heterocycles. The maximum Gasteiger partial charge on any atom is 0.317 e. The second kappa shape index (κ2) is 7.38. The van der Waals surface area contributed by atoms with Crippen molar-refractivity contribution in [3.05, 3.63) is 23.8 Å². The minimum Gasteiger partial charge on any atom is -0.497 e. The number of methoxy groups -OCH3 is 2. The summed E-state index contributed by atoms with van der Waals surface area (Å²) >= 11 is 0. The lowest BCUT2D eigenvalue weighted by Gasteiger charge is -2.31. The first kappa shape index (κ1) is 16.5. The van der Waals surface area contributed by atoms with Crippen LogP contribution in [-0.4, -0.2) is 38.2 Å². The Hall–Kier alpha value is -1.91. The van der Waals surface area contributed by atoms with Crippen LogP contribution in [-0.2, 0) is 0 Å². The number of piperidine rings is 1.